The van der Waals surface area contributed by atoms with Gasteiger partial charge in [0, 0.05) is 39.3 Å². The topological polar surface area (TPSA) is 92.5 Å². The highest BCUT2D eigenvalue weighted by Crippen LogP contribution is 2.20. The molecule has 0 aromatic carbocycles. The normalized spacial score (nSPS) is 26.2. The van der Waals surface area contributed by atoms with Crippen LogP contribution in [0, 0.1) is 0 Å². The lowest BCUT2D eigenvalue weighted by molar-refractivity contribution is -0.0457. The van der Waals surface area contributed by atoms with Gasteiger partial charge in [-0.1, -0.05) is 0 Å². The van der Waals surface area contributed by atoms with Crippen molar-refractivity contribution in [2.45, 2.75) is 32.6 Å². The van der Waals surface area contributed by atoms with E-state index in [9.17, 15) is 13.2 Å². The number of carbonyl (C=O) groups is 1. The molecule has 0 unspecified atom stereocenters. The molecule has 0 amide bonds. The number of esters is 1. The molecule has 0 radical (unpaired) electrons. The summed E-state index contributed by atoms with van der Waals surface area (Å²) in [6.07, 6.45) is -0.208. The molecule has 1 aromatic heterocycles. The van der Waals surface area contributed by atoms with Crippen LogP contribution >= 0.6 is 0 Å². The second kappa shape index (κ2) is 8.27. The van der Waals surface area contributed by atoms with Crippen LogP contribution in [-0.4, -0.2) is 86.5 Å². The predicted molar refractivity (Wildman–Crippen MR) is 97.4 cm³/mol. The van der Waals surface area contributed by atoms with E-state index in [-0.39, 0.29) is 18.0 Å². The molecule has 2 saturated heterocycles. The summed E-state index contributed by atoms with van der Waals surface area (Å²) in [5.41, 5.74) is 0. The second-order valence-corrected chi connectivity index (χ2v) is 8.94. The van der Waals surface area contributed by atoms with Crippen LogP contribution in [0.1, 0.15) is 30.2 Å². The fourth-order valence-electron chi connectivity index (χ4n) is 3.49. The van der Waals surface area contributed by atoms with E-state index in [2.05, 4.69) is 9.64 Å². The Kier molecular flexibility index (Phi) is 6.21. The zero-order valence-electron chi connectivity index (χ0n) is 16.0. The first-order valence-electron chi connectivity index (χ1n) is 9.09. The molecule has 9 nitrogen and oxygen atoms in total. The Labute approximate surface area is 160 Å². The lowest BCUT2D eigenvalue weighted by Gasteiger charge is -2.40. The smallest absolute Gasteiger partial charge is 0.373 e. The lowest BCUT2D eigenvalue weighted by Crippen LogP contribution is -2.56. The average molecular weight is 401 g/mol. The third-order valence-electron chi connectivity index (χ3n) is 4.80. The molecule has 2 aliphatic heterocycles. The first-order chi connectivity index (χ1) is 12.8. The average Bonchev–Trinajstić information content (AvgIpc) is 3.09. The van der Waals surface area contributed by atoms with E-state index in [1.807, 2.05) is 13.8 Å². The van der Waals surface area contributed by atoms with Crippen LogP contribution in [0.25, 0.3) is 0 Å². The van der Waals surface area contributed by atoms with Gasteiger partial charge < -0.3 is 13.9 Å². The van der Waals surface area contributed by atoms with Crippen molar-refractivity contribution < 1.29 is 27.1 Å². The van der Waals surface area contributed by atoms with Gasteiger partial charge in [0.2, 0.25) is 5.76 Å². The molecule has 10 heteroatoms. The van der Waals surface area contributed by atoms with Gasteiger partial charge in [0.1, 0.15) is 5.76 Å². The molecule has 0 aliphatic carbocycles. The number of furan rings is 1. The summed E-state index contributed by atoms with van der Waals surface area (Å²) in [4.78, 5) is 13.6. The SMILES string of the molecule is COC(=O)c1ccc(CN2CCN(S(=O)(=O)N3C[C@H](C)O[C@@H](C)C3)CC2)o1. The Morgan fingerprint density at radius 2 is 1.74 bits per heavy atom. The van der Waals surface area contributed by atoms with Gasteiger partial charge in [0.05, 0.1) is 25.9 Å². The third-order valence-corrected chi connectivity index (χ3v) is 6.77. The summed E-state index contributed by atoms with van der Waals surface area (Å²) in [6.45, 7) is 7.12. The quantitative estimate of drug-likeness (QED) is 0.665. The summed E-state index contributed by atoms with van der Waals surface area (Å²) >= 11 is 0. The van der Waals surface area contributed by atoms with Gasteiger partial charge in [0.25, 0.3) is 10.2 Å². The van der Waals surface area contributed by atoms with Crippen molar-refractivity contribution in [2.75, 3.05) is 46.4 Å². The monoisotopic (exact) mass is 401 g/mol. The van der Waals surface area contributed by atoms with Gasteiger partial charge in [0.15, 0.2) is 0 Å². The molecule has 0 N–H and O–H groups in total. The van der Waals surface area contributed by atoms with E-state index in [1.165, 1.54) is 15.7 Å². The molecule has 0 spiro atoms. The summed E-state index contributed by atoms with van der Waals surface area (Å²) in [5.74, 6) is 0.318. The first-order valence-corrected chi connectivity index (χ1v) is 10.5. The van der Waals surface area contributed by atoms with E-state index in [0.717, 1.165) is 0 Å². The van der Waals surface area contributed by atoms with Gasteiger partial charge >= 0.3 is 5.97 Å². The van der Waals surface area contributed by atoms with E-state index < -0.39 is 16.2 Å². The number of hydrogen-bond donors (Lipinski definition) is 0. The van der Waals surface area contributed by atoms with Gasteiger partial charge in [-0.05, 0) is 26.0 Å². The molecule has 2 aliphatic rings. The minimum atomic E-state index is -3.48. The van der Waals surface area contributed by atoms with Crippen LogP contribution in [0.5, 0.6) is 0 Å². The van der Waals surface area contributed by atoms with Crippen LogP contribution in [-0.2, 0) is 26.2 Å². The number of hydrogen-bond acceptors (Lipinski definition) is 7. The van der Waals surface area contributed by atoms with Crippen molar-refractivity contribution in [3.05, 3.63) is 23.7 Å². The summed E-state index contributed by atoms with van der Waals surface area (Å²) in [7, 11) is -2.18. The van der Waals surface area contributed by atoms with Crippen LogP contribution in [0.15, 0.2) is 16.5 Å². The van der Waals surface area contributed by atoms with Crippen LogP contribution < -0.4 is 0 Å². The van der Waals surface area contributed by atoms with Crippen molar-refractivity contribution in [3.63, 3.8) is 0 Å². The zero-order valence-corrected chi connectivity index (χ0v) is 16.8. The highest BCUT2D eigenvalue weighted by Gasteiger charge is 2.36. The molecule has 2 atom stereocenters. The maximum absolute atomic E-state index is 12.9. The number of ether oxygens (including phenoxy) is 2. The standard InChI is InChI=1S/C17H27N3O6S/c1-13-10-20(11-14(2)25-13)27(22,23)19-8-6-18(7-9-19)12-15-4-5-16(26-15)17(21)24-3/h4-5,13-14H,6-12H2,1-3H3/t13-,14-/m0/s1. The van der Waals surface area contributed by atoms with Crippen molar-refractivity contribution >= 4 is 16.2 Å². The number of methoxy groups -OCH3 is 1. The summed E-state index contributed by atoms with van der Waals surface area (Å²) in [6, 6.07) is 3.33. The minimum Gasteiger partial charge on any atom is -0.463 e. The first kappa shape index (κ1) is 20.3. The largest absolute Gasteiger partial charge is 0.463 e. The van der Waals surface area contributed by atoms with Crippen molar-refractivity contribution in [3.8, 4) is 0 Å². The number of nitrogens with zero attached hydrogens (tertiary/aromatic N) is 3. The van der Waals surface area contributed by atoms with Crippen molar-refractivity contribution in [2.24, 2.45) is 0 Å². The van der Waals surface area contributed by atoms with Gasteiger partial charge in [-0.3, -0.25) is 4.90 Å². The number of piperazine rings is 1. The number of rotatable bonds is 5. The van der Waals surface area contributed by atoms with Crippen LogP contribution in [0.3, 0.4) is 0 Å². The second-order valence-electron chi connectivity index (χ2n) is 7.01. The third kappa shape index (κ3) is 4.69. The van der Waals surface area contributed by atoms with E-state index in [4.69, 9.17) is 9.15 Å². The molecular formula is C17H27N3O6S. The Morgan fingerprint density at radius 1 is 1.11 bits per heavy atom. The Balaban J connectivity index is 1.55. The van der Waals surface area contributed by atoms with E-state index in [1.54, 1.807) is 12.1 Å². The van der Waals surface area contributed by atoms with Crippen molar-refractivity contribution in [1.29, 1.82) is 0 Å². The fraction of sp³-hybridized carbons (Fsp3) is 0.706. The van der Waals surface area contributed by atoms with Gasteiger partial charge in [-0.15, -0.1) is 0 Å². The molecule has 0 saturated carbocycles. The molecule has 1 aromatic rings. The molecule has 3 rings (SSSR count). The van der Waals surface area contributed by atoms with Crippen molar-refractivity contribution in [1.82, 2.24) is 13.5 Å². The van der Waals surface area contributed by atoms with Gasteiger partial charge in [-0.2, -0.15) is 17.0 Å². The molecule has 0 bridgehead atoms. The minimum absolute atomic E-state index is 0.104. The lowest BCUT2D eigenvalue weighted by atomic mass is 10.3. The van der Waals surface area contributed by atoms with Crippen LogP contribution in [0.2, 0.25) is 0 Å². The molecule has 3 heterocycles. The van der Waals surface area contributed by atoms with Crippen LogP contribution in [0.4, 0.5) is 0 Å². The highest BCUT2D eigenvalue weighted by atomic mass is 32.2. The maximum atomic E-state index is 12.9. The number of carbonyl (C=O) groups excluding carboxylic acids is 1. The summed E-state index contributed by atoms with van der Waals surface area (Å²) in [5, 5.41) is 0. The Hall–Kier alpha value is -1.46. The predicted octanol–water partition coefficient (Wildman–Crippen LogP) is 0.538. The molecule has 27 heavy (non-hydrogen) atoms. The fourth-order valence-corrected chi connectivity index (χ4v) is 5.24. The van der Waals surface area contributed by atoms with E-state index in [0.29, 0.717) is 51.6 Å². The Bertz CT molecular complexity index is 746. The highest BCUT2D eigenvalue weighted by molar-refractivity contribution is 7.86. The molecule has 152 valence electrons. The Morgan fingerprint density at radius 3 is 2.33 bits per heavy atom. The van der Waals surface area contributed by atoms with Gasteiger partial charge in [-0.25, -0.2) is 4.79 Å². The maximum Gasteiger partial charge on any atom is 0.373 e. The summed E-state index contributed by atoms with van der Waals surface area (Å²) < 4.78 is 44.6. The molecule has 2 fully saturated rings. The molecular weight excluding hydrogens is 374 g/mol. The van der Waals surface area contributed by atoms with E-state index >= 15 is 0 Å². The number of morpholine rings is 1. The zero-order chi connectivity index (χ0) is 19.6.